The lowest BCUT2D eigenvalue weighted by molar-refractivity contribution is -0.144. The molecule has 8 heteroatoms. The molecule has 0 aliphatic rings. The van der Waals surface area contributed by atoms with Gasteiger partial charge in [-0.1, -0.05) is 35.0 Å². The number of nitrogens with zero attached hydrogens (tertiary/aromatic N) is 2. The Morgan fingerprint density at radius 2 is 1.86 bits per heavy atom. The van der Waals surface area contributed by atoms with Crippen LogP contribution in [0.2, 0.25) is 0 Å². The van der Waals surface area contributed by atoms with Crippen molar-refractivity contribution in [2.75, 3.05) is 13.2 Å². The molecule has 3 aromatic rings. The van der Waals surface area contributed by atoms with Crippen molar-refractivity contribution < 1.29 is 23.6 Å². The molecular formula is C21H21N3O5. The van der Waals surface area contributed by atoms with Crippen LogP contribution in [-0.4, -0.2) is 35.2 Å². The molecule has 0 fully saturated rings. The minimum atomic E-state index is -0.611. The van der Waals surface area contributed by atoms with Crippen molar-refractivity contribution in [1.29, 1.82) is 0 Å². The van der Waals surface area contributed by atoms with Gasteiger partial charge in [0.05, 0.1) is 12.2 Å². The van der Waals surface area contributed by atoms with Crippen molar-refractivity contribution in [2.24, 2.45) is 0 Å². The van der Waals surface area contributed by atoms with E-state index in [4.69, 9.17) is 14.0 Å². The van der Waals surface area contributed by atoms with E-state index in [9.17, 15) is 9.59 Å². The van der Waals surface area contributed by atoms with Crippen LogP contribution in [-0.2, 0) is 16.1 Å². The molecule has 1 N–H and O–H groups in total. The third-order valence-corrected chi connectivity index (χ3v) is 3.96. The Morgan fingerprint density at radius 3 is 2.62 bits per heavy atom. The first-order chi connectivity index (χ1) is 14.1. The maximum atomic E-state index is 12.0. The Hall–Kier alpha value is -3.68. The van der Waals surface area contributed by atoms with Crippen molar-refractivity contribution in [3.63, 3.8) is 0 Å². The number of hydrogen-bond acceptors (Lipinski definition) is 7. The highest BCUT2D eigenvalue weighted by Crippen LogP contribution is 2.27. The SMILES string of the molecule is CCOc1ccccc1-c1noc(COC(=O)CNC(=O)c2ccc(C)cc2)n1. The number of carbonyl (C=O) groups is 2. The molecule has 0 aliphatic carbocycles. The Kier molecular flexibility index (Phi) is 6.57. The van der Waals surface area contributed by atoms with E-state index in [0.29, 0.717) is 29.3 Å². The van der Waals surface area contributed by atoms with Crippen LogP contribution in [0.25, 0.3) is 11.4 Å². The van der Waals surface area contributed by atoms with Gasteiger partial charge in [-0.15, -0.1) is 0 Å². The van der Waals surface area contributed by atoms with Crippen LogP contribution in [0.4, 0.5) is 0 Å². The van der Waals surface area contributed by atoms with Crippen LogP contribution in [0.5, 0.6) is 5.75 Å². The van der Waals surface area contributed by atoms with E-state index in [1.165, 1.54) is 0 Å². The summed E-state index contributed by atoms with van der Waals surface area (Å²) in [5.74, 6) is 0.157. The minimum Gasteiger partial charge on any atom is -0.493 e. The predicted molar refractivity (Wildman–Crippen MR) is 104 cm³/mol. The van der Waals surface area contributed by atoms with Crippen LogP contribution < -0.4 is 10.1 Å². The number of para-hydroxylation sites is 1. The molecule has 3 rings (SSSR count). The van der Waals surface area contributed by atoms with E-state index in [1.807, 2.05) is 50.2 Å². The summed E-state index contributed by atoms with van der Waals surface area (Å²) in [6.07, 6.45) is 0. The predicted octanol–water partition coefficient (Wildman–Crippen LogP) is 2.92. The quantitative estimate of drug-likeness (QED) is 0.585. The molecule has 2 aromatic carbocycles. The number of aryl methyl sites for hydroxylation is 1. The average Bonchev–Trinajstić information content (AvgIpc) is 3.20. The maximum Gasteiger partial charge on any atom is 0.325 e. The van der Waals surface area contributed by atoms with Gasteiger partial charge < -0.3 is 19.3 Å². The van der Waals surface area contributed by atoms with Crippen LogP contribution in [0.3, 0.4) is 0 Å². The molecule has 0 aliphatic heterocycles. The van der Waals surface area contributed by atoms with Gasteiger partial charge >= 0.3 is 5.97 Å². The number of amides is 1. The first-order valence-electron chi connectivity index (χ1n) is 9.12. The average molecular weight is 395 g/mol. The van der Waals surface area contributed by atoms with Crippen molar-refractivity contribution in [3.8, 4) is 17.1 Å². The summed E-state index contributed by atoms with van der Waals surface area (Å²) in [6, 6.07) is 14.3. The van der Waals surface area contributed by atoms with Gasteiger partial charge in [0.2, 0.25) is 5.82 Å². The summed E-state index contributed by atoms with van der Waals surface area (Å²) in [7, 11) is 0. The Bertz CT molecular complexity index is 982. The molecule has 0 saturated heterocycles. The zero-order valence-corrected chi connectivity index (χ0v) is 16.2. The third-order valence-electron chi connectivity index (χ3n) is 3.96. The topological polar surface area (TPSA) is 104 Å². The first-order valence-corrected chi connectivity index (χ1v) is 9.12. The number of benzene rings is 2. The second-order valence-electron chi connectivity index (χ2n) is 6.15. The number of ether oxygens (including phenoxy) is 2. The largest absolute Gasteiger partial charge is 0.493 e. The second-order valence-corrected chi connectivity index (χ2v) is 6.15. The highest BCUT2D eigenvalue weighted by atomic mass is 16.6. The smallest absolute Gasteiger partial charge is 0.325 e. The number of nitrogens with one attached hydrogen (secondary N) is 1. The monoisotopic (exact) mass is 395 g/mol. The molecule has 0 unspecified atom stereocenters. The molecule has 0 bridgehead atoms. The van der Waals surface area contributed by atoms with Crippen molar-refractivity contribution in [2.45, 2.75) is 20.5 Å². The van der Waals surface area contributed by atoms with Gasteiger partial charge in [-0.2, -0.15) is 4.98 Å². The summed E-state index contributed by atoms with van der Waals surface area (Å²) in [4.78, 5) is 28.1. The fourth-order valence-corrected chi connectivity index (χ4v) is 2.51. The van der Waals surface area contributed by atoms with E-state index < -0.39 is 5.97 Å². The third kappa shape index (κ3) is 5.41. The van der Waals surface area contributed by atoms with Crippen molar-refractivity contribution in [3.05, 3.63) is 65.5 Å². The summed E-state index contributed by atoms with van der Waals surface area (Å²) < 4.78 is 15.8. The lowest BCUT2D eigenvalue weighted by Gasteiger charge is -2.06. The molecule has 150 valence electrons. The van der Waals surface area contributed by atoms with Crippen LogP contribution >= 0.6 is 0 Å². The van der Waals surface area contributed by atoms with Crippen molar-refractivity contribution in [1.82, 2.24) is 15.5 Å². The molecule has 29 heavy (non-hydrogen) atoms. The maximum absolute atomic E-state index is 12.0. The zero-order chi connectivity index (χ0) is 20.6. The van der Waals surface area contributed by atoms with Crippen molar-refractivity contribution >= 4 is 11.9 Å². The number of aromatic nitrogens is 2. The fraction of sp³-hybridized carbons (Fsp3) is 0.238. The normalized spacial score (nSPS) is 10.4. The van der Waals surface area contributed by atoms with Gasteiger partial charge in [0.15, 0.2) is 6.61 Å². The second kappa shape index (κ2) is 9.50. The molecule has 0 saturated carbocycles. The Morgan fingerprint density at radius 1 is 1.10 bits per heavy atom. The molecule has 0 radical (unpaired) electrons. The zero-order valence-electron chi connectivity index (χ0n) is 16.2. The molecular weight excluding hydrogens is 374 g/mol. The lowest BCUT2D eigenvalue weighted by atomic mass is 10.1. The van der Waals surface area contributed by atoms with Crippen LogP contribution in [0, 0.1) is 6.92 Å². The first kappa shape index (κ1) is 20.1. The molecule has 8 nitrogen and oxygen atoms in total. The summed E-state index contributed by atoms with van der Waals surface area (Å²) in [5.41, 5.74) is 2.20. The van der Waals surface area contributed by atoms with Gasteiger partial charge in [-0.3, -0.25) is 9.59 Å². The summed E-state index contributed by atoms with van der Waals surface area (Å²) in [6.45, 7) is 3.87. The highest BCUT2D eigenvalue weighted by Gasteiger charge is 2.15. The van der Waals surface area contributed by atoms with E-state index in [-0.39, 0.29) is 24.9 Å². The lowest BCUT2D eigenvalue weighted by Crippen LogP contribution is -2.30. The summed E-state index contributed by atoms with van der Waals surface area (Å²) in [5, 5.41) is 6.41. The minimum absolute atomic E-state index is 0.143. The van der Waals surface area contributed by atoms with Gasteiger partial charge in [0.1, 0.15) is 12.3 Å². The molecule has 1 aromatic heterocycles. The van der Waals surface area contributed by atoms with Gasteiger partial charge in [-0.05, 0) is 38.1 Å². The van der Waals surface area contributed by atoms with Gasteiger partial charge in [-0.25, -0.2) is 0 Å². The molecule has 1 amide bonds. The van der Waals surface area contributed by atoms with E-state index in [0.717, 1.165) is 5.56 Å². The highest BCUT2D eigenvalue weighted by molar-refractivity contribution is 5.95. The number of hydrogen-bond donors (Lipinski definition) is 1. The van der Waals surface area contributed by atoms with Gasteiger partial charge in [0, 0.05) is 5.56 Å². The number of carbonyl (C=O) groups excluding carboxylic acids is 2. The number of rotatable bonds is 8. The van der Waals surface area contributed by atoms with E-state index in [2.05, 4.69) is 15.5 Å². The Balaban J connectivity index is 1.51. The Labute approximate surface area is 167 Å². The molecule has 1 heterocycles. The van der Waals surface area contributed by atoms with Crippen LogP contribution in [0.15, 0.2) is 53.1 Å². The standard InChI is InChI=1S/C21H21N3O5/c1-3-27-17-7-5-4-6-16(17)20-23-18(29-24-20)13-28-19(25)12-22-21(26)15-10-8-14(2)9-11-15/h4-11H,3,12-13H2,1-2H3,(H,22,26). The summed E-state index contributed by atoms with van der Waals surface area (Å²) >= 11 is 0. The van der Waals surface area contributed by atoms with E-state index in [1.54, 1.807) is 12.1 Å². The number of esters is 1. The van der Waals surface area contributed by atoms with E-state index >= 15 is 0 Å². The molecule has 0 spiro atoms. The van der Waals surface area contributed by atoms with Gasteiger partial charge in [0.25, 0.3) is 11.8 Å². The molecule has 0 atom stereocenters. The van der Waals surface area contributed by atoms with Crippen LogP contribution in [0.1, 0.15) is 28.7 Å². The fourth-order valence-electron chi connectivity index (χ4n) is 2.51.